The molecule has 0 saturated heterocycles. The summed E-state index contributed by atoms with van der Waals surface area (Å²) >= 11 is 6.02. The van der Waals surface area contributed by atoms with Gasteiger partial charge in [-0.3, -0.25) is 0 Å². The van der Waals surface area contributed by atoms with Crippen molar-refractivity contribution in [1.82, 2.24) is 4.98 Å². The SMILES string of the molecule is C[CH]Cc1cnc(OC)c(-c2cccc(Cl)c2)c1. The monoisotopic (exact) mass is 260 g/mol. The maximum absolute atomic E-state index is 6.02. The van der Waals surface area contributed by atoms with Crippen molar-refractivity contribution in [2.45, 2.75) is 13.3 Å². The number of methoxy groups -OCH3 is 1. The molecule has 2 rings (SSSR count). The predicted molar refractivity (Wildman–Crippen MR) is 74.9 cm³/mol. The Morgan fingerprint density at radius 3 is 2.83 bits per heavy atom. The normalized spacial score (nSPS) is 10.4. The van der Waals surface area contributed by atoms with E-state index in [2.05, 4.69) is 17.5 Å². The highest BCUT2D eigenvalue weighted by atomic mass is 35.5. The third kappa shape index (κ3) is 2.82. The molecule has 2 aromatic rings. The highest BCUT2D eigenvalue weighted by Gasteiger charge is 2.08. The molecule has 1 aromatic carbocycles. The number of ether oxygens (including phenoxy) is 1. The molecule has 0 amide bonds. The summed E-state index contributed by atoms with van der Waals surface area (Å²) in [7, 11) is 1.63. The zero-order chi connectivity index (χ0) is 13.0. The fourth-order valence-corrected chi connectivity index (χ4v) is 2.06. The lowest BCUT2D eigenvalue weighted by Crippen LogP contribution is -1.94. The second-order valence-corrected chi connectivity index (χ2v) is 4.46. The highest BCUT2D eigenvalue weighted by molar-refractivity contribution is 6.30. The first-order valence-corrected chi connectivity index (χ1v) is 6.19. The molecule has 1 aromatic heterocycles. The van der Waals surface area contributed by atoms with Crippen LogP contribution in [0.2, 0.25) is 5.02 Å². The first-order valence-electron chi connectivity index (χ1n) is 5.81. The molecule has 0 unspecified atom stereocenters. The average molecular weight is 261 g/mol. The van der Waals surface area contributed by atoms with Crippen molar-refractivity contribution in [3.63, 3.8) is 0 Å². The van der Waals surface area contributed by atoms with Crippen molar-refractivity contribution in [3.8, 4) is 17.0 Å². The summed E-state index contributed by atoms with van der Waals surface area (Å²) in [5, 5.41) is 0.710. The van der Waals surface area contributed by atoms with Crippen LogP contribution in [0.5, 0.6) is 5.88 Å². The third-order valence-corrected chi connectivity index (χ3v) is 2.91. The van der Waals surface area contributed by atoms with Crippen LogP contribution in [0.4, 0.5) is 0 Å². The van der Waals surface area contributed by atoms with Crippen LogP contribution in [0.1, 0.15) is 12.5 Å². The topological polar surface area (TPSA) is 22.1 Å². The molecule has 0 atom stereocenters. The molecule has 1 radical (unpaired) electrons. The maximum atomic E-state index is 6.02. The Hall–Kier alpha value is -1.54. The van der Waals surface area contributed by atoms with Crippen LogP contribution < -0.4 is 4.74 Å². The van der Waals surface area contributed by atoms with E-state index >= 15 is 0 Å². The van der Waals surface area contributed by atoms with Crippen LogP contribution in [0.3, 0.4) is 0 Å². The van der Waals surface area contributed by atoms with Gasteiger partial charge in [0.15, 0.2) is 0 Å². The number of rotatable bonds is 4. The number of halogens is 1. The van der Waals surface area contributed by atoms with Gasteiger partial charge in [0, 0.05) is 16.8 Å². The smallest absolute Gasteiger partial charge is 0.221 e. The Morgan fingerprint density at radius 2 is 2.17 bits per heavy atom. The number of aromatic nitrogens is 1. The number of hydrogen-bond acceptors (Lipinski definition) is 2. The minimum absolute atomic E-state index is 0.622. The van der Waals surface area contributed by atoms with Gasteiger partial charge < -0.3 is 4.74 Å². The summed E-state index contributed by atoms with van der Waals surface area (Å²) in [5.41, 5.74) is 3.15. The highest BCUT2D eigenvalue weighted by Crippen LogP contribution is 2.30. The Labute approximate surface area is 113 Å². The van der Waals surface area contributed by atoms with E-state index in [0.717, 1.165) is 23.1 Å². The Bertz CT molecular complexity index is 540. The van der Waals surface area contributed by atoms with Crippen molar-refractivity contribution in [3.05, 3.63) is 53.5 Å². The van der Waals surface area contributed by atoms with Crippen LogP contribution in [0.15, 0.2) is 36.5 Å². The molecule has 0 N–H and O–H groups in total. The molecule has 93 valence electrons. The van der Waals surface area contributed by atoms with Gasteiger partial charge in [0.05, 0.1) is 7.11 Å². The third-order valence-electron chi connectivity index (χ3n) is 2.68. The number of pyridine rings is 1. The largest absolute Gasteiger partial charge is 0.481 e. The van der Waals surface area contributed by atoms with Crippen molar-refractivity contribution in [2.24, 2.45) is 0 Å². The molecular weight excluding hydrogens is 246 g/mol. The average Bonchev–Trinajstić information content (AvgIpc) is 2.39. The summed E-state index contributed by atoms with van der Waals surface area (Å²) in [5.74, 6) is 0.622. The molecular formula is C15H15ClNO. The Balaban J connectivity index is 2.49. The summed E-state index contributed by atoms with van der Waals surface area (Å²) < 4.78 is 5.31. The van der Waals surface area contributed by atoms with E-state index in [-0.39, 0.29) is 0 Å². The molecule has 0 aliphatic rings. The fraction of sp³-hybridized carbons (Fsp3) is 0.200. The zero-order valence-corrected chi connectivity index (χ0v) is 11.2. The van der Waals surface area contributed by atoms with E-state index in [4.69, 9.17) is 16.3 Å². The zero-order valence-electron chi connectivity index (χ0n) is 10.5. The van der Waals surface area contributed by atoms with E-state index in [0.29, 0.717) is 10.9 Å². The Morgan fingerprint density at radius 1 is 1.33 bits per heavy atom. The van der Waals surface area contributed by atoms with Crippen molar-refractivity contribution < 1.29 is 4.74 Å². The lowest BCUT2D eigenvalue weighted by Gasteiger charge is -2.10. The van der Waals surface area contributed by atoms with E-state index in [1.807, 2.05) is 37.4 Å². The number of nitrogens with zero attached hydrogens (tertiary/aromatic N) is 1. The van der Waals surface area contributed by atoms with Gasteiger partial charge in [0.1, 0.15) is 0 Å². The van der Waals surface area contributed by atoms with Gasteiger partial charge in [0.25, 0.3) is 0 Å². The molecule has 0 saturated carbocycles. The molecule has 1 heterocycles. The van der Waals surface area contributed by atoms with Crippen LogP contribution in [-0.2, 0) is 6.42 Å². The summed E-state index contributed by atoms with van der Waals surface area (Å²) in [6.07, 6.45) is 4.84. The van der Waals surface area contributed by atoms with Crippen molar-refractivity contribution in [2.75, 3.05) is 7.11 Å². The summed E-state index contributed by atoms with van der Waals surface area (Å²) in [6.45, 7) is 2.03. The second-order valence-electron chi connectivity index (χ2n) is 4.02. The molecule has 2 nitrogen and oxygen atoms in total. The standard InChI is InChI=1S/C15H15ClNO/c1-3-5-11-8-14(15(18-2)17-10-11)12-6-4-7-13(16)9-12/h3-4,6-10H,5H2,1-2H3. The van der Waals surface area contributed by atoms with Crippen molar-refractivity contribution >= 4 is 11.6 Å². The van der Waals surface area contributed by atoms with Crippen LogP contribution in [0, 0.1) is 6.42 Å². The van der Waals surface area contributed by atoms with Gasteiger partial charge in [-0.2, -0.15) is 0 Å². The first-order chi connectivity index (χ1) is 8.74. The maximum Gasteiger partial charge on any atom is 0.221 e. The minimum atomic E-state index is 0.622. The minimum Gasteiger partial charge on any atom is -0.481 e. The van der Waals surface area contributed by atoms with Gasteiger partial charge in [-0.25, -0.2) is 4.98 Å². The van der Waals surface area contributed by atoms with Gasteiger partial charge in [-0.05, 0) is 42.2 Å². The molecule has 0 bridgehead atoms. The van der Waals surface area contributed by atoms with Crippen molar-refractivity contribution in [1.29, 1.82) is 0 Å². The summed E-state index contributed by atoms with van der Waals surface area (Å²) in [4.78, 5) is 4.34. The van der Waals surface area contributed by atoms with Crippen LogP contribution in [0.25, 0.3) is 11.1 Å². The lowest BCUT2D eigenvalue weighted by molar-refractivity contribution is 0.399. The summed E-state index contributed by atoms with van der Waals surface area (Å²) in [6, 6.07) is 9.80. The molecule has 0 aliphatic carbocycles. The van der Waals surface area contributed by atoms with Gasteiger partial charge in [-0.1, -0.05) is 30.7 Å². The van der Waals surface area contributed by atoms with E-state index in [9.17, 15) is 0 Å². The molecule has 0 fully saturated rings. The lowest BCUT2D eigenvalue weighted by atomic mass is 10.0. The molecule has 3 heteroatoms. The predicted octanol–water partition coefficient (Wildman–Crippen LogP) is 4.18. The van der Waals surface area contributed by atoms with E-state index in [1.54, 1.807) is 7.11 Å². The fourth-order valence-electron chi connectivity index (χ4n) is 1.87. The molecule has 18 heavy (non-hydrogen) atoms. The van der Waals surface area contributed by atoms with Crippen LogP contribution >= 0.6 is 11.6 Å². The first kappa shape index (κ1) is 12.9. The van der Waals surface area contributed by atoms with Gasteiger partial charge in [0.2, 0.25) is 5.88 Å². The quantitative estimate of drug-likeness (QED) is 0.823. The molecule has 0 aliphatic heterocycles. The Kier molecular flexibility index (Phi) is 4.21. The van der Waals surface area contributed by atoms with E-state index in [1.165, 1.54) is 0 Å². The van der Waals surface area contributed by atoms with E-state index < -0.39 is 0 Å². The molecule has 0 spiro atoms. The number of benzene rings is 1. The van der Waals surface area contributed by atoms with Gasteiger partial charge >= 0.3 is 0 Å². The van der Waals surface area contributed by atoms with Gasteiger partial charge in [-0.15, -0.1) is 0 Å². The second kappa shape index (κ2) is 5.87. The number of hydrogen-bond donors (Lipinski definition) is 0. The van der Waals surface area contributed by atoms with Crippen LogP contribution in [-0.4, -0.2) is 12.1 Å².